The molecule has 26 heavy (non-hydrogen) atoms. The highest BCUT2D eigenvalue weighted by molar-refractivity contribution is 5.89. The Morgan fingerprint density at radius 3 is 2.58 bits per heavy atom. The van der Waals surface area contributed by atoms with Crippen molar-refractivity contribution in [2.45, 2.75) is 26.7 Å². The monoisotopic (exact) mass is 349 g/mol. The molecule has 0 spiro atoms. The molecule has 0 saturated heterocycles. The van der Waals surface area contributed by atoms with Crippen LogP contribution in [0.4, 0.5) is 5.69 Å². The lowest BCUT2D eigenvalue weighted by Crippen LogP contribution is -2.27. The Bertz CT molecular complexity index is 926. The normalized spacial score (nSPS) is 10.7. The molecule has 0 aliphatic carbocycles. The van der Waals surface area contributed by atoms with Crippen LogP contribution in [0.2, 0.25) is 0 Å². The molecule has 5 heteroatoms. The summed E-state index contributed by atoms with van der Waals surface area (Å²) >= 11 is 0. The van der Waals surface area contributed by atoms with Crippen molar-refractivity contribution in [3.05, 3.63) is 65.4 Å². The smallest absolute Gasteiger partial charge is 0.224 e. The number of fused-ring (bicyclic) bond motifs is 1. The summed E-state index contributed by atoms with van der Waals surface area (Å²) in [6.07, 6.45) is 3.02. The van der Waals surface area contributed by atoms with Crippen LogP contribution in [0.15, 0.2) is 48.7 Å². The molecule has 3 aromatic rings. The van der Waals surface area contributed by atoms with Gasteiger partial charge in [0.1, 0.15) is 0 Å². The number of rotatable bonds is 6. The molecule has 0 fully saturated rings. The molecule has 0 aliphatic heterocycles. The van der Waals surface area contributed by atoms with Crippen molar-refractivity contribution in [2.24, 2.45) is 0 Å². The topological polar surface area (TPSA) is 74.0 Å². The predicted molar refractivity (Wildman–Crippen MR) is 104 cm³/mol. The van der Waals surface area contributed by atoms with E-state index in [4.69, 9.17) is 0 Å². The van der Waals surface area contributed by atoms with E-state index < -0.39 is 0 Å². The first kappa shape index (κ1) is 17.7. The van der Waals surface area contributed by atoms with Crippen molar-refractivity contribution in [2.75, 3.05) is 11.9 Å². The van der Waals surface area contributed by atoms with E-state index in [1.807, 2.05) is 30.5 Å². The fourth-order valence-corrected chi connectivity index (χ4v) is 2.99. The number of hydrogen-bond acceptors (Lipinski definition) is 2. The third-order valence-electron chi connectivity index (χ3n) is 4.28. The van der Waals surface area contributed by atoms with Crippen molar-refractivity contribution in [3.63, 3.8) is 0 Å². The van der Waals surface area contributed by atoms with E-state index in [2.05, 4.69) is 40.7 Å². The molecule has 0 unspecified atom stereocenters. The van der Waals surface area contributed by atoms with Crippen LogP contribution < -0.4 is 10.6 Å². The van der Waals surface area contributed by atoms with Gasteiger partial charge in [0.2, 0.25) is 11.8 Å². The van der Waals surface area contributed by atoms with Crippen molar-refractivity contribution in [1.29, 1.82) is 0 Å². The van der Waals surface area contributed by atoms with E-state index in [1.165, 1.54) is 12.5 Å². The Hall–Kier alpha value is -3.08. The van der Waals surface area contributed by atoms with Crippen molar-refractivity contribution >= 4 is 28.4 Å². The zero-order chi connectivity index (χ0) is 18.5. The van der Waals surface area contributed by atoms with Crippen LogP contribution in [-0.4, -0.2) is 23.3 Å². The van der Waals surface area contributed by atoms with Gasteiger partial charge < -0.3 is 15.6 Å². The molecule has 0 saturated carbocycles. The van der Waals surface area contributed by atoms with Crippen molar-refractivity contribution < 1.29 is 9.59 Å². The van der Waals surface area contributed by atoms with E-state index in [9.17, 15) is 9.59 Å². The first-order valence-electron chi connectivity index (χ1n) is 8.71. The average molecular weight is 349 g/mol. The number of nitrogens with one attached hydrogen (secondary N) is 3. The number of anilines is 1. The average Bonchev–Trinajstić information content (AvgIpc) is 2.98. The van der Waals surface area contributed by atoms with Gasteiger partial charge in [0.05, 0.1) is 6.42 Å². The minimum Gasteiger partial charge on any atom is -0.361 e. The van der Waals surface area contributed by atoms with Gasteiger partial charge in [0, 0.05) is 36.3 Å². The SMILES string of the molecule is CC(=O)Nc1ccc(CCNC(=O)Cc2c[nH]c3cc(C)ccc23)cc1. The first-order valence-corrected chi connectivity index (χ1v) is 8.71. The Labute approximate surface area is 152 Å². The van der Waals surface area contributed by atoms with E-state index in [-0.39, 0.29) is 11.8 Å². The molecule has 134 valence electrons. The summed E-state index contributed by atoms with van der Waals surface area (Å²) in [7, 11) is 0. The Kier molecular flexibility index (Phi) is 5.37. The number of benzene rings is 2. The van der Waals surface area contributed by atoms with E-state index >= 15 is 0 Å². The second-order valence-electron chi connectivity index (χ2n) is 6.52. The fraction of sp³-hybridized carbons (Fsp3) is 0.238. The summed E-state index contributed by atoms with van der Waals surface area (Å²) in [6, 6.07) is 13.8. The summed E-state index contributed by atoms with van der Waals surface area (Å²) < 4.78 is 0. The van der Waals surface area contributed by atoms with Crippen LogP contribution >= 0.6 is 0 Å². The second-order valence-corrected chi connectivity index (χ2v) is 6.52. The van der Waals surface area contributed by atoms with Gasteiger partial charge in [0.15, 0.2) is 0 Å². The lowest BCUT2D eigenvalue weighted by atomic mass is 10.1. The maximum atomic E-state index is 12.2. The number of carbonyl (C=O) groups excluding carboxylic acids is 2. The van der Waals surface area contributed by atoms with Gasteiger partial charge in [0.25, 0.3) is 0 Å². The van der Waals surface area contributed by atoms with Crippen LogP contribution in [0, 0.1) is 6.92 Å². The Balaban J connectivity index is 1.50. The summed E-state index contributed by atoms with van der Waals surface area (Å²) in [5.41, 5.74) is 5.16. The fourth-order valence-electron chi connectivity index (χ4n) is 2.99. The molecule has 2 amide bonds. The molecule has 1 heterocycles. The molecule has 3 rings (SSSR count). The van der Waals surface area contributed by atoms with Crippen molar-refractivity contribution in [1.82, 2.24) is 10.3 Å². The quantitative estimate of drug-likeness (QED) is 0.638. The third-order valence-corrected chi connectivity index (χ3v) is 4.28. The van der Waals surface area contributed by atoms with Crippen LogP contribution in [0.5, 0.6) is 0 Å². The summed E-state index contributed by atoms with van der Waals surface area (Å²) in [4.78, 5) is 26.5. The third kappa shape index (κ3) is 4.51. The minimum absolute atomic E-state index is 0.0151. The van der Waals surface area contributed by atoms with E-state index in [1.54, 1.807) is 0 Å². The Morgan fingerprint density at radius 1 is 1.08 bits per heavy atom. The molecule has 3 N–H and O–H groups in total. The molecule has 0 bridgehead atoms. The van der Waals surface area contributed by atoms with Gasteiger partial charge in [-0.3, -0.25) is 9.59 Å². The molecule has 0 aliphatic rings. The van der Waals surface area contributed by atoms with E-state index in [0.29, 0.717) is 13.0 Å². The highest BCUT2D eigenvalue weighted by atomic mass is 16.2. The number of aryl methyl sites for hydroxylation is 1. The number of aromatic amines is 1. The minimum atomic E-state index is -0.0857. The van der Waals surface area contributed by atoms with Crippen LogP contribution in [-0.2, 0) is 22.4 Å². The Morgan fingerprint density at radius 2 is 1.85 bits per heavy atom. The molecule has 0 radical (unpaired) electrons. The highest BCUT2D eigenvalue weighted by Crippen LogP contribution is 2.19. The number of aromatic nitrogens is 1. The number of hydrogen-bond donors (Lipinski definition) is 3. The maximum Gasteiger partial charge on any atom is 0.224 e. The molecular weight excluding hydrogens is 326 g/mol. The van der Waals surface area contributed by atoms with Crippen molar-refractivity contribution in [3.8, 4) is 0 Å². The first-order chi connectivity index (χ1) is 12.5. The number of H-pyrrole nitrogens is 1. The number of amides is 2. The van der Waals surface area contributed by atoms with Gasteiger partial charge in [-0.2, -0.15) is 0 Å². The van der Waals surface area contributed by atoms with Crippen LogP contribution in [0.25, 0.3) is 10.9 Å². The maximum absolute atomic E-state index is 12.2. The largest absolute Gasteiger partial charge is 0.361 e. The molecule has 2 aromatic carbocycles. The van der Waals surface area contributed by atoms with Crippen LogP contribution in [0.3, 0.4) is 0 Å². The summed E-state index contributed by atoms with van der Waals surface area (Å²) in [6.45, 7) is 4.12. The van der Waals surface area contributed by atoms with Gasteiger partial charge in [-0.05, 0) is 48.2 Å². The van der Waals surface area contributed by atoms with Gasteiger partial charge in [-0.1, -0.05) is 24.3 Å². The predicted octanol–water partition coefficient (Wildman–Crippen LogP) is 3.34. The van der Waals surface area contributed by atoms with Gasteiger partial charge >= 0.3 is 0 Å². The number of carbonyl (C=O) groups is 2. The second kappa shape index (κ2) is 7.87. The highest BCUT2D eigenvalue weighted by Gasteiger charge is 2.08. The lowest BCUT2D eigenvalue weighted by Gasteiger charge is -2.07. The zero-order valence-electron chi connectivity index (χ0n) is 15.1. The van der Waals surface area contributed by atoms with Crippen LogP contribution in [0.1, 0.15) is 23.6 Å². The molecule has 0 atom stereocenters. The molecular formula is C21H23N3O2. The zero-order valence-corrected chi connectivity index (χ0v) is 15.1. The molecule has 5 nitrogen and oxygen atoms in total. The summed E-state index contributed by atoms with van der Waals surface area (Å²) in [5, 5.41) is 6.80. The molecule has 1 aromatic heterocycles. The summed E-state index contributed by atoms with van der Waals surface area (Å²) in [5.74, 6) is -0.0706. The van der Waals surface area contributed by atoms with Gasteiger partial charge in [-0.25, -0.2) is 0 Å². The van der Waals surface area contributed by atoms with E-state index in [0.717, 1.165) is 34.1 Å². The van der Waals surface area contributed by atoms with Gasteiger partial charge in [-0.15, -0.1) is 0 Å². The lowest BCUT2D eigenvalue weighted by molar-refractivity contribution is -0.120. The standard InChI is InChI=1S/C21H23N3O2/c1-14-3-8-19-17(13-23-20(19)11-14)12-21(26)22-10-9-16-4-6-18(7-5-16)24-15(2)25/h3-8,11,13,23H,9-10,12H2,1-2H3,(H,22,26)(H,24,25).